The quantitative estimate of drug-likeness (QED) is 0.803. The van der Waals surface area contributed by atoms with Crippen molar-refractivity contribution in [2.45, 2.75) is 6.42 Å². The number of hydrogen-bond acceptors (Lipinski definition) is 2. The van der Waals surface area contributed by atoms with Crippen molar-refractivity contribution in [2.24, 2.45) is 0 Å². The van der Waals surface area contributed by atoms with E-state index in [0.717, 1.165) is 5.56 Å². The Kier molecular flexibility index (Phi) is 4.09. The van der Waals surface area contributed by atoms with Crippen LogP contribution >= 0.6 is 23.2 Å². The molecule has 2 rings (SSSR count). The average molecular weight is 278 g/mol. The van der Waals surface area contributed by atoms with E-state index in [1.807, 2.05) is 24.3 Å². The van der Waals surface area contributed by atoms with Gasteiger partial charge in [0.2, 0.25) is 0 Å². The highest BCUT2D eigenvalue weighted by Gasteiger charge is 2.02. The summed E-state index contributed by atoms with van der Waals surface area (Å²) in [4.78, 5) is 0. The van der Waals surface area contributed by atoms with Crippen LogP contribution in [0.2, 0.25) is 10.0 Å². The monoisotopic (exact) mass is 277 g/mol. The lowest BCUT2D eigenvalue weighted by atomic mass is 10.1. The minimum atomic E-state index is 0.360. The van der Waals surface area contributed by atoms with Gasteiger partial charge >= 0.3 is 0 Å². The molecule has 0 unspecified atom stereocenters. The maximum Gasteiger partial charge on any atom is 0.129 e. The van der Waals surface area contributed by atoms with Crippen LogP contribution in [0.5, 0.6) is 11.5 Å². The first-order chi connectivity index (χ1) is 8.69. The largest absolute Gasteiger partial charge is 0.457 e. The van der Waals surface area contributed by atoms with Crippen molar-refractivity contribution in [2.75, 3.05) is 0 Å². The first kappa shape index (κ1) is 12.8. The summed E-state index contributed by atoms with van der Waals surface area (Å²) >= 11 is 11.7. The second-order valence-corrected chi connectivity index (χ2v) is 4.47. The molecule has 0 atom stereocenters. The Balaban J connectivity index is 2.20. The minimum absolute atomic E-state index is 0.360. The molecule has 0 aliphatic rings. The predicted molar refractivity (Wildman–Crippen MR) is 72.3 cm³/mol. The molecular formula is C14H9Cl2NO. The first-order valence-electron chi connectivity index (χ1n) is 5.28. The second kappa shape index (κ2) is 5.77. The normalized spacial score (nSPS) is 9.83. The van der Waals surface area contributed by atoms with Gasteiger partial charge in [-0.15, -0.1) is 0 Å². The van der Waals surface area contributed by atoms with Crippen LogP contribution in [0.1, 0.15) is 5.56 Å². The zero-order valence-electron chi connectivity index (χ0n) is 9.36. The molecule has 4 heteroatoms. The van der Waals surface area contributed by atoms with E-state index in [-0.39, 0.29) is 0 Å². The lowest BCUT2D eigenvalue weighted by molar-refractivity contribution is 0.482. The number of rotatable bonds is 3. The van der Waals surface area contributed by atoms with Crippen molar-refractivity contribution in [3.8, 4) is 17.6 Å². The fourth-order valence-corrected chi connectivity index (χ4v) is 1.77. The van der Waals surface area contributed by atoms with Crippen LogP contribution in [0, 0.1) is 11.3 Å². The summed E-state index contributed by atoms with van der Waals surface area (Å²) in [5, 5.41) is 9.58. The number of benzene rings is 2. The van der Waals surface area contributed by atoms with E-state index >= 15 is 0 Å². The number of nitriles is 1. The Morgan fingerprint density at radius 2 is 1.78 bits per heavy atom. The molecule has 2 nitrogen and oxygen atoms in total. The van der Waals surface area contributed by atoms with E-state index in [9.17, 15) is 0 Å². The van der Waals surface area contributed by atoms with E-state index in [1.165, 1.54) is 0 Å². The zero-order chi connectivity index (χ0) is 13.0. The van der Waals surface area contributed by atoms with E-state index in [0.29, 0.717) is 28.0 Å². The lowest BCUT2D eigenvalue weighted by Crippen LogP contribution is -1.87. The van der Waals surface area contributed by atoms with E-state index < -0.39 is 0 Å². The molecular weight excluding hydrogens is 269 g/mol. The Hall–Kier alpha value is -1.69. The molecule has 2 aromatic carbocycles. The highest BCUT2D eigenvalue weighted by Crippen LogP contribution is 2.29. The zero-order valence-corrected chi connectivity index (χ0v) is 10.9. The SMILES string of the molecule is N#CCc1cccc(Oc2ccc(Cl)c(Cl)c2)c1. The van der Waals surface area contributed by atoms with E-state index in [2.05, 4.69) is 6.07 Å². The van der Waals surface area contributed by atoms with Gasteiger partial charge < -0.3 is 4.74 Å². The van der Waals surface area contributed by atoms with Crippen LogP contribution in [-0.2, 0) is 6.42 Å². The average Bonchev–Trinajstić information content (AvgIpc) is 2.35. The van der Waals surface area contributed by atoms with Gasteiger partial charge in [-0.25, -0.2) is 0 Å². The molecule has 0 fully saturated rings. The van der Waals surface area contributed by atoms with Crippen molar-refractivity contribution in [1.29, 1.82) is 5.26 Å². The maximum absolute atomic E-state index is 8.64. The van der Waals surface area contributed by atoms with E-state index in [4.69, 9.17) is 33.2 Å². The predicted octanol–water partition coefficient (Wildman–Crippen LogP) is 4.85. The Morgan fingerprint density at radius 1 is 1.00 bits per heavy atom. The highest BCUT2D eigenvalue weighted by molar-refractivity contribution is 6.42. The number of halogens is 2. The summed E-state index contributed by atoms with van der Waals surface area (Å²) < 4.78 is 5.65. The standard InChI is InChI=1S/C14H9Cl2NO/c15-13-5-4-12(9-14(13)16)18-11-3-1-2-10(8-11)6-7-17/h1-5,8-9H,6H2. The molecule has 0 spiro atoms. The second-order valence-electron chi connectivity index (χ2n) is 3.66. The topological polar surface area (TPSA) is 33.0 Å². The van der Waals surface area contributed by atoms with Crippen LogP contribution in [0.3, 0.4) is 0 Å². The first-order valence-corrected chi connectivity index (χ1v) is 6.03. The van der Waals surface area contributed by atoms with Gasteiger partial charge in [0.05, 0.1) is 22.5 Å². The third-order valence-electron chi connectivity index (χ3n) is 2.31. The van der Waals surface area contributed by atoms with Crippen LogP contribution in [0.15, 0.2) is 42.5 Å². The van der Waals surface area contributed by atoms with Gasteiger partial charge in [-0.2, -0.15) is 5.26 Å². The maximum atomic E-state index is 8.64. The summed E-state index contributed by atoms with van der Waals surface area (Å²) in [5.74, 6) is 1.28. The molecule has 0 heterocycles. The van der Waals surface area contributed by atoms with Crippen molar-refractivity contribution in [1.82, 2.24) is 0 Å². The highest BCUT2D eigenvalue weighted by atomic mass is 35.5. The molecule has 2 aromatic rings. The summed E-state index contributed by atoms with van der Waals surface area (Å²) in [6, 6.07) is 14.5. The van der Waals surface area contributed by atoms with Gasteiger partial charge in [0.1, 0.15) is 11.5 Å². The summed E-state index contributed by atoms with van der Waals surface area (Å²) in [5.41, 5.74) is 0.912. The van der Waals surface area contributed by atoms with Gasteiger partial charge in [0.25, 0.3) is 0 Å². The molecule has 0 aliphatic carbocycles. The summed E-state index contributed by atoms with van der Waals surface area (Å²) in [6.45, 7) is 0. The van der Waals surface area contributed by atoms with Crippen molar-refractivity contribution in [3.63, 3.8) is 0 Å². The van der Waals surface area contributed by atoms with Crippen LogP contribution < -0.4 is 4.74 Å². The smallest absolute Gasteiger partial charge is 0.129 e. The minimum Gasteiger partial charge on any atom is -0.457 e. The molecule has 0 aliphatic heterocycles. The summed E-state index contributed by atoms with van der Waals surface area (Å²) in [7, 11) is 0. The van der Waals surface area contributed by atoms with Crippen LogP contribution in [-0.4, -0.2) is 0 Å². The van der Waals surface area contributed by atoms with Gasteiger partial charge in [0.15, 0.2) is 0 Å². The molecule has 0 bridgehead atoms. The number of nitrogens with zero attached hydrogens (tertiary/aromatic N) is 1. The van der Waals surface area contributed by atoms with Crippen molar-refractivity contribution >= 4 is 23.2 Å². The molecule has 0 N–H and O–H groups in total. The third-order valence-corrected chi connectivity index (χ3v) is 3.05. The molecule has 0 radical (unpaired) electrons. The van der Waals surface area contributed by atoms with E-state index in [1.54, 1.807) is 18.2 Å². The fraction of sp³-hybridized carbons (Fsp3) is 0.0714. The number of hydrogen-bond donors (Lipinski definition) is 0. The molecule has 0 aromatic heterocycles. The molecule has 0 saturated heterocycles. The molecule has 18 heavy (non-hydrogen) atoms. The van der Waals surface area contributed by atoms with Crippen LogP contribution in [0.25, 0.3) is 0 Å². The van der Waals surface area contributed by atoms with Crippen molar-refractivity contribution in [3.05, 3.63) is 58.1 Å². The lowest BCUT2D eigenvalue weighted by Gasteiger charge is -2.07. The summed E-state index contributed by atoms with van der Waals surface area (Å²) in [6.07, 6.45) is 0.360. The van der Waals surface area contributed by atoms with Gasteiger partial charge in [-0.3, -0.25) is 0 Å². The Morgan fingerprint density at radius 3 is 2.50 bits per heavy atom. The Labute approximate surface area is 115 Å². The van der Waals surface area contributed by atoms with Crippen LogP contribution in [0.4, 0.5) is 0 Å². The third kappa shape index (κ3) is 3.16. The molecule has 0 saturated carbocycles. The fourth-order valence-electron chi connectivity index (χ4n) is 1.49. The molecule has 90 valence electrons. The Bertz CT molecular complexity index is 605. The van der Waals surface area contributed by atoms with Gasteiger partial charge in [-0.1, -0.05) is 35.3 Å². The number of ether oxygens (including phenoxy) is 1. The van der Waals surface area contributed by atoms with Crippen molar-refractivity contribution < 1.29 is 4.74 Å². The molecule has 0 amide bonds. The van der Waals surface area contributed by atoms with Gasteiger partial charge in [-0.05, 0) is 29.8 Å². The van der Waals surface area contributed by atoms with Gasteiger partial charge in [0, 0.05) is 6.07 Å².